The van der Waals surface area contributed by atoms with E-state index >= 15 is 0 Å². The predicted molar refractivity (Wildman–Crippen MR) is 73.6 cm³/mol. The van der Waals surface area contributed by atoms with Gasteiger partial charge in [0.05, 0.1) is 5.92 Å². The number of aryl methyl sites for hydroxylation is 1. The summed E-state index contributed by atoms with van der Waals surface area (Å²) in [6.07, 6.45) is -4.18. The third-order valence-electron chi connectivity index (χ3n) is 3.68. The van der Waals surface area contributed by atoms with Crippen molar-refractivity contribution in [3.63, 3.8) is 0 Å². The van der Waals surface area contributed by atoms with Crippen LogP contribution in [0.1, 0.15) is 28.8 Å². The van der Waals surface area contributed by atoms with E-state index in [-0.39, 0.29) is 31.8 Å². The molecule has 20 heavy (non-hydrogen) atoms. The summed E-state index contributed by atoms with van der Waals surface area (Å²) in [5.74, 6) is -1.47. The van der Waals surface area contributed by atoms with Gasteiger partial charge in [0, 0.05) is 23.1 Å². The van der Waals surface area contributed by atoms with Gasteiger partial charge < -0.3 is 4.90 Å². The number of nitrogens with zero attached hydrogens (tertiary/aromatic N) is 1. The van der Waals surface area contributed by atoms with Crippen molar-refractivity contribution >= 4 is 21.8 Å². The van der Waals surface area contributed by atoms with E-state index < -0.39 is 12.1 Å². The van der Waals surface area contributed by atoms with Gasteiger partial charge in [-0.2, -0.15) is 13.2 Å². The van der Waals surface area contributed by atoms with Crippen LogP contribution >= 0.6 is 15.9 Å². The fourth-order valence-electron chi connectivity index (χ4n) is 2.40. The van der Waals surface area contributed by atoms with Crippen LogP contribution in [0, 0.1) is 12.8 Å². The molecule has 0 unspecified atom stereocenters. The number of hydrogen-bond donors (Lipinski definition) is 0. The third kappa shape index (κ3) is 3.34. The molecule has 1 saturated heterocycles. The first-order valence-corrected chi connectivity index (χ1v) is 7.20. The van der Waals surface area contributed by atoms with Crippen LogP contribution < -0.4 is 0 Å². The lowest BCUT2D eigenvalue weighted by molar-refractivity contribution is -0.183. The Morgan fingerprint density at radius 3 is 2.45 bits per heavy atom. The molecule has 1 aliphatic rings. The first-order valence-electron chi connectivity index (χ1n) is 6.41. The number of carbonyl (C=O) groups is 1. The van der Waals surface area contributed by atoms with Gasteiger partial charge in [0.15, 0.2) is 0 Å². The molecule has 1 amide bonds. The largest absolute Gasteiger partial charge is 0.391 e. The minimum atomic E-state index is -4.15. The highest BCUT2D eigenvalue weighted by Gasteiger charge is 2.41. The molecule has 110 valence electrons. The van der Waals surface area contributed by atoms with Gasteiger partial charge in [0.25, 0.3) is 5.91 Å². The van der Waals surface area contributed by atoms with E-state index in [4.69, 9.17) is 0 Å². The topological polar surface area (TPSA) is 20.3 Å². The predicted octanol–water partition coefficient (Wildman–Crippen LogP) is 4.17. The van der Waals surface area contributed by atoms with Crippen LogP contribution in [-0.4, -0.2) is 30.1 Å². The van der Waals surface area contributed by atoms with Crippen molar-refractivity contribution in [2.45, 2.75) is 25.9 Å². The summed E-state index contributed by atoms with van der Waals surface area (Å²) in [6, 6.07) is 5.37. The lowest BCUT2D eigenvalue weighted by Gasteiger charge is -2.33. The normalized spacial score (nSPS) is 17.4. The number of hydrogen-bond acceptors (Lipinski definition) is 1. The van der Waals surface area contributed by atoms with Crippen molar-refractivity contribution in [3.05, 3.63) is 33.8 Å². The molecule has 1 fully saturated rings. The fraction of sp³-hybridized carbons (Fsp3) is 0.500. The van der Waals surface area contributed by atoms with Gasteiger partial charge in [-0.25, -0.2) is 0 Å². The smallest absolute Gasteiger partial charge is 0.339 e. The molecule has 1 heterocycles. The zero-order valence-electron chi connectivity index (χ0n) is 11.0. The van der Waals surface area contributed by atoms with Crippen LogP contribution in [0.25, 0.3) is 0 Å². The molecule has 2 nitrogen and oxygen atoms in total. The Morgan fingerprint density at radius 2 is 1.90 bits per heavy atom. The van der Waals surface area contributed by atoms with Crippen molar-refractivity contribution in [1.82, 2.24) is 4.90 Å². The van der Waals surface area contributed by atoms with E-state index in [1.54, 1.807) is 6.07 Å². The molecule has 0 radical (unpaired) electrons. The van der Waals surface area contributed by atoms with E-state index in [0.717, 1.165) is 10.0 Å². The van der Waals surface area contributed by atoms with Gasteiger partial charge in [-0.05, 0) is 37.5 Å². The maximum absolute atomic E-state index is 12.6. The number of rotatable bonds is 1. The fourth-order valence-corrected chi connectivity index (χ4v) is 2.77. The lowest BCUT2D eigenvalue weighted by atomic mass is 9.95. The quantitative estimate of drug-likeness (QED) is 0.744. The second-order valence-corrected chi connectivity index (χ2v) is 5.98. The van der Waals surface area contributed by atoms with Crippen LogP contribution in [0.15, 0.2) is 22.7 Å². The molecule has 0 bridgehead atoms. The van der Waals surface area contributed by atoms with Crippen molar-refractivity contribution in [3.8, 4) is 0 Å². The number of alkyl halides is 3. The average molecular weight is 350 g/mol. The van der Waals surface area contributed by atoms with Gasteiger partial charge in [-0.15, -0.1) is 0 Å². The van der Waals surface area contributed by atoms with Crippen molar-refractivity contribution in [2.75, 3.05) is 13.1 Å². The van der Waals surface area contributed by atoms with E-state index in [1.165, 1.54) is 4.90 Å². The van der Waals surface area contributed by atoms with Gasteiger partial charge in [-0.3, -0.25) is 4.79 Å². The standard InChI is InChI=1S/C14H15BrF3NO/c1-9-2-3-11(15)8-12(9)13(20)19-6-4-10(5-7-19)14(16,17)18/h2-3,8,10H,4-7H2,1H3. The van der Waals surface area contributed by atoms with Gasteiger partial charge in [0.1, 0.15) is 0 Å². The molecule has 0 N–H and O–H groups in total. The van der Waals surface area contributed by atoms with Crippen molar-refractivity contribution in [1.29, 1.82) is 0 Å². The zero-order chi connectivity index (χ0) is 14.9. The Morgan fingerprint density at radius 1 is 1.30 bits per heavy atom. The van der Waals surface area contributed by atoms with Gasteiger partial charge in [0.2, 0.25) is 0 Å². The molecule has 0 atom stereocenters. The highest BCUT2D eigenvalue weighted by atomic mass is 79.9. The Kier molecular flexibility index (Phi) is 4.42. The number of halogens is 4. The Labute approximate surface area is 124 Å². The molecule has 6 heteroatoms. The Hall–Kier alpha value is -1.04. The summed E-state index contributed by atoms with van der Waals surface area (Å²) in [5, 5.41) is 0. The van der Waals surface area contributed by atoms with Crippen molar-refractivity contribution < 1.29 is 18.0 Å². The SMILES string of the molecule is Cc1ccc(Br)cc1C(=O)N1CCC(C(F)(F)F)CC1. The van der Waals surface area contributed by atoms with Gasteiger partial charge >= 0.3 is 6.18 Å². The van der Waals surface area contributed by atoms with E-state index in [0.29, 0.717) is 5.56 Å². The Bertz CT molecular complexity index is 508. The summed E-state index contributed by atoms with van der Waals surface area (Å²) in [6.45, 7) is 2.14. The molecule has 1 aliphatic heterocycles. The molecule has 0 saturated carbocycles. The second kappa shape index (κ2) is 5.76. The molecular weight excluding hydrogens is 335 g/mol. The Balaban J connectivity index is 2.07. The number of piperidine rings is 1. The van der Waals surface area contributed by atoms with Gasteiger partial charge in [-0.1, -0.05) is 22.0 Å². The summed E-state index contributed by atoms with van der Waals surface area (Å²) in [5.41, 5.74) is 1.38. The zero-order valence-corrected chi connectivity index (χ0v) is 12.6. The van der Waals surface area contributed by atoms with Crippen LogP contribution in [0.5, 0.6) is 0 Å². The summed E-state index contributed by atoms with van der Waals surface area (Å²) < 4.78 is 38.6. The first kappa shape index (κ1) is 15.4. The molecule has 1 aromatic carbocycles. The van der Waals surface area contributed by atoms with E-state index in [9.17, 15) is 18.0 Å². The highest BCUT2D eigenvalue weighted by Crippen LogP contribution is 2.34. The minimum Gasteiger partial charge on any atom is -0.339 e. The monoisotopic (exact) mass is 349 g/mol. The molecule has 1 aromatic rings. The molecular formula is C14H15BrF3NO. The number of likely N-dealkylation sites (tertiary alicyclic amines) is 1. The molecule has 0 aliphatic carbocycles. The molecule has 0 aromatic heterocycles. The van der Waals surface area contributed by atoms with E-state index in [1.807, 2.05) is 19.1 Å². The average Bonchev–Trinajstić information content (AvgIpc) is 2.40. The first-order chi connectivity index (χ1) is 9.29. The number of amides is 1. The lowest BCUT2D eigenvalue weighted by Crippen LogP contribution is -2.42. The van der Waals surface area contributed by atoms with Crippen molar-refractivity contribution in [2.24, 2.45) is 5.92 Å². The second-order valence-electron chi connectivity index (χ2n) is 5.07. The molecule has 2 rings (SSSR count). The maximum Gasteiger partial charge on any atom is 0.391 e. The minimum absolute atomic E-state index is 0.0116. The van der Waals surface area contributed by atoms with Crippen LogP contribution in [0.3, 0.4) is 0 Å². The summed E-state index contributed by atoms with van der Waals surface area (Å²) in [7, 11) is 0. The third-order valence-corrected chi connectivity index (χ3v) is 4.17. The van der Waals surface area contributed by atoms with Crippen LogP contribution in [0.4, 0.5) is 13.2 Å². The molecule has 0 spiro atoms. The highest BCUT2D eigenvalue weighted by molar-refractivity contribution is 9.10. The summed E-state index contributed by atoms with van der Waals surface area (Å²) >= 11 is 3.30. The maximum atomic E-state index is 12.6. The van der Waals surface area contributed by atoms with Crippen LogP contribution in [-0.2, 0) is 0 Å². The number of benzene rings is 1. The van der Waals surface area contributed by atoms with E-state index in [2.05, 4.69) is 15.9 Å². The van der Waals surface area contributed by atoms with Crippen LogP contribution in [0.2, 0.25) is 0 Å². The summed E-state index contributed by atoms with van der Waals surface area (Å²) in [4.78, 5) is 13.9. The number of carbonyl (C=O) groups excluding carboxylic acids is 1.